The second kappa shape index (κ2) is 7.25. The van der Waals surface area contributed by atoms with E-state index in [1.165, 1.54) is 24.4 Å². The predicted molar refractivity (Wildman–Crippen MR) is 106 cm³/mol. The van der Waals surface area contributed by atoms with E-state index in [0.717, 1.165) is 16.7 Å². The fourth-order valence-corrected chi connectivity index (χ4v) is 4.24. The number of carbonyl (C=O) groups is 2. The van der Waals surface area contributed by atoms with Gasteiger partial charge in [-0.05, 0) is 35.6 Å². The average Bonchev–Trinajstić information content (AvgIpc) is 3.30. The molecule has 0 radical (unpaired) electrons. The molecule has 0 fully saturated rings. The van der Waals surface area contributed by atoms with Gasteiger partial charge in [0.15, 0.2) is 17.4 Å². The van der Waals surface area contributed by atoms with Crippen LogP contribution in [-0.2, 0) is 6.42 Å². The van der Waals surface area contributed by atoms with Gasteiger partial charge in [0.25, 0.3) is 0 Å². The summed E-state index contributed by atoms with van der Waals surface area (Å²) in [4.78, 5) is 24.6. The normalized spacial score (nSPS) is 11.1. The molecule has 4 nitrogen and oxygen atoms in total. The average molecular weight is 412 g/mol. The van der Waals surface area contributed by atoms with Crippen LogP contribution in [0.5, 0.6) is 0 Å². The fourth-order valence-electron chi connectivity index (χ4n) is 3.16. The van der Waals surface area contributed by atoms with Crippen molar-refractivity contribution < 1.29 is 27.9 Å². The van der Waals surface area contributed by atoms with Crippen LogP contribution in [-0.4, -0.2) is 16.9 Å². The number of aryl methyl sites for hydroxylation is 1. The van der Waals surface area contributed by atoms with Crippen LogP contribution in [0.4, 0.5) is 8.78 Å². The quantitative estimate of drug-likeness (QED) is 0.416. The van der Waals surface area contributed by atoms with E-state index >= 15 is 0 Å². The molecule has 0 aliphatic heterocycles. The van der Waals surface area contributed by atoms with E-state index in [1.54, 1.807) is 24.3 Å². The summed E-state index contributed by atoms with van der Waals surface area (Å²) in [5.41, 5.74) is 0.556. The highest BCUT2D eigenvalue weighted by Crippen LogP contribution is 2.36. The standard InChI is InChI=1S/C22H14F2O4S/c1-11-6-7-14(20(24)19(11)23)21-18(22(26)27)13(10-29-21)8-15(25)17-9-12-4-2-3-5-16(12)28-17/h2-7,9-10H,8H2,1H3,(H,26,27). The fraction of sp³-hybridized carbons (Fsp3) is 0.0909. The zero-order chi connectivity index (χ0) is 20.7. The number of rotatable bonds is 5. The van der Waals surface area contributed by atoms with Gasteiger partial charge in [-0.2, -0.15) is 0 Å². The molecule has 2 heterocycles. The van der Waals surface area contributed by atoms with Crippen molar-refractivity contribution in [3.63, 3.8) is 0 Å². The van der Waals surface area contributed by atoms with Gasteiger partial charge < -0.3 is 9.52 Å². The number of carbonyl (C=O) groups excluding carboxylic acids is 1. The van der Waals surface area contributed by atoms with Crippen molar-refractivity contribution in [3.8, 4) is 10.4 Å². The SMILES string of the molecule is Cc1ccc(-c2scc(CC(=O)c3cc4ccccc4o3)c2C(=O)O)c(F)c1F. The molecule has 0 saturated heterocycles. The Morgan fingerprint density at radius 1 is 1.10 bits per heavy atom. The smallest absolute Gasteiger partial charge is 0.337 e. The summed E-state index contributed by atoms with van der Waals surface area (Å²) in [6.45, 7) is 1.42. The van der Waals surface area contributed by atoms with Crippen LogP contribution in [0.25, 0.3) is 21.4 Å². The molecule has 0 aliphatic rings. The van der Waals surface area contributed by atoms with Gasteiger partial charge in [-0.25, -0.2) is 13.6 Å². The van der Waals surface area contributed by atoms with Gasteiger partial charge in [-0.1, -0.05) is 30.3 Å². The van der Waals surface area contributed by atoms with Crippen LogP contribution in [0, 0.1) is 18.6 Å². The largest absolute Gasteiger partial charge is 0.478 e. The van der Waals surface area contributed by atoms with E-state index in [-0.39, 0.29) is 39.3 Å². The van der Waals surface area contributed by atoms with Gasteiger partial charge in [0.2, 0.25) is 5.78 Å². The maximum atomic E-state index is 14.4. The van der Waals surface area contributed by atoms with Gasteiger partial charge in [0.05, 0.1) is 10.4 Å². The van der Waals surface area contributed by atoms with E-state index in [2.05, 4.69) is 0 Å². The number of halogens is 2. The lowest BCUT2D eigenvalue weighted by atomic mass is 10.0. The molecule has 2 aromatic carbocycles. The number of carboxylic acid groups (broad SMARTS) is 1. The molecule has 4 aromatic rings. The molecule has 29 heavy (non-hydrogen) atoms. The highest BCUT2D eigenvalue weighted by molar-refractivity contribution is 7.14. The number of hydrogen-bond acceptors (Lipinski definition) is 4. The number of furan rings is 1. The van der Waals surface area contributed by atoms with E-state index in [0.29, 0.717) is 5.58 Å². The minimum Gasteiger partial charge on any atom is -0.478 e. The molecule has 0 aliphatic carbocycles. The number of carboxylic acids is 1. The van der Waals surface area contributed by atoms with Crippen LogP contribution >= 0.6 is 11.3 Å². The van der Waals surface area contributed by atoms with E-state index < -0.39 is 23.4 Å². The van der Waals surface area contributed by atoms with Gasteiger partial charge in [-0.3, -0.25) is 4.79 Å². The number of Topliss-reactive ketones (excluding diaryl/α,β-unsaturated/α-hetero) is 1. The Kier molecular flexibility index (Phi) is 4.76. The third kappa shape index (κ3) is 3.34. The first-order valence-corrected chi connectivity index (χ1v) is 9.55. The third-order valence-electron chi connectivity index (χ3n) is 4.65. The first kappa shape index (κ1) is 19.0. The predicted octanol–water partition coefficient (Wildman–Crippen LogP) is 5.87. The Morgan fingerprint density at radius 2 is 1.86 bits per heavy atom. The molecule has 0 spiro atoms. The number of ketones is 1. The van der Waals surface area contributed by atoms with Crippen LogP contribution in [0.1, 0.15) is 32.0 Å². The molecule has 0 unspecified atom stereocenters. The highest BCUT2D eigenvalue weighted by Gasteiger charge is 2.25. The highest BCUT2D eigenvalue weighted by atomic mass is 32.1. The lowest BCUT2D eigenvalue weighted by molar-refractivity contribution is 0.0697. The molecule has 1 N–H and O–H groups in total. The Morgan fingerprint density at radius 3 is 2.59 bits per heavy atom. The van der Waals surface area contributed by atoms with Gasteiger partial charge >= 0.3 is 5.97 Å². The minimum absolute atomic E-state index is 0.0707. The van der Waals surface area contributed by atoms with Crippen LogP contribution < -0.4 is 0 Å². The molecule has 4 rings (SSSR count). The van der Waals surface area contributed by atoms with Crippen molar-refractivity contribution in [1.29, 1.82) is 0 Å². The molecular weight excluding hydrogens is 398 g/mol. The third-order valence-corrected chi connectivity index (χ3v) is 5.71. The summed E-state index contributed by atoms with van der Waals surface area (Å²) in [5, 5.41) is 11.9. The summed E-state index contributed by atoms with van der Waals surface area (Å²) in [7, 11) is 0. The Hall–Kier alpha value is -3.32. The van der Waals surface area contributed by atoms with Gasteiger partial charge in [-0.15, -0.1) is 11.3 Å². The Labute approximate surface area is 168 Å². The maximum absolute atomic E-state index is 14.4. The lowest BCUT2D eigenvalue weighted by Crippen LogP contribution is -2.07. The molecule has 2 aromatic heterocycles. The summed E-state index contributed by atoms with van der Waals surface area (Å²) in [5.74, 6) is -3.72. The monoisotopic (exact) mass is 412 g/mol. The molecule has 146 valence electrons. The zero-order valence-corrected chi connectivity index (χ0v) is 16.0. The lowest BCUT2D eigenvalue weighted by Gasteiger charge is -2.06. The van der Waals surface area contributed by atoms with E-state index in [4.69, 9.17) is 4.42 Å². The van der Waals surface area contributed by atoms with E-state index in [1.807, 2.05) is 6.07 Å². The maximum Gasteiger partial charge on any atom is 0.337 e. The zero-order valence-electron chi connectivity index (χ0n) is 15.2. The van der Waals surface area contributed by atoms with Crippen molar-refractivity contribution in [2.45, 2.75) is 13.3 Å². The van der Waals surface area contributed by atoms with Crippen LogP contribution in [0.3, 0.4) is 0 Å². The molecule has 0 bridgehead atoms. The molecule has 7 heteroatoms. The Balaban J connectivity index is 1.73. The number of fused-ring (bicyclic) bond motifs is 1. The first-order valence-electron chi connectivity index (χ1n) is 8.67. The molecule has 0 atom stereocenters. The first-order chi connectivity index (χ1) is 13.9. The summed E-state index contributed by atoms with van der Waals surface area (Å²) >= 11 is 0.958. The summed E-state index contributed by atoms with van der Waals surface area (Å²) in [6.07, 6.45) is -0.228. The van der Waals surface area contributed by atoms with Crippen LogP contribution in [0.15, 0.2) is 52.3 Å². The summed E-state index contributed by atoms with van der Waals surface area (Å²) < 4.78 is 33.9. The van der Waals surface area contributed by atoms with Crippen molar-refractivity contribution >= 4 is 34.1 Å². The molecular formula is C22H14F2O4S. The number of para-hydroxylation sites is 1. The summed E-state index contributed by atoms with van der Waals surface area (Å²) in [6, 6.07) is 11.5. The van der Waals surface area contributed by atoms with Crippen molar-refractivity contribution in [2.75, 3.05) is 0 Å². The van der Waals surface area contributed by atoms with Crippen molar-refractivity contribution in [1.82, 2.24) is 0 Å². The number of aromatic carboxylic acids is 1. The molecule has 0 saturated carbocycles. The Bertz CT molecular complexity index is 1240. The second-order valence-electron chi connectivity index (χ2n) is 6.58. The van der Waals surface area contributed by atoms with Crippen molar-refractivity contribution in [2.24, 2.45) is 0 Å². The van der Waals surface area contributed by atoms with Gasteiger partial charge in [0.1, 0.15) is 5.58 Å². The van der Waals surface area contributed by atoms with Crippen molar-refractivity contribution in [3.05, 3.63) is 81.9 Å². The number of benzene rings is 2. The van der Waals surface area contributed by atoms with E-state index in [9.17, 15) is 23.5 Å². The number of hydrogen-bond donors (Lipinski definition) is 1. The second-order valence-corrected chi connectivity index (χ2v) is 7.46. The number of thiophene rings is 1. The minimum atomic E-state index is -1.31. The van der Waals surface area contributed by atoms with Gasteiger partial charge in [0, 0.05) is 17.4 Å². The molecule has 0 amide bonds. The topological polar surface area (TPSA) is 67.5 Å². The van der Waals surface area contributed by atoms with Crippen LogP contribution in [0.2, 0.25) is 0 Å².